The van der Waals surface area contributed by atoms with Crippen LogP contribution in [0.1, 0.15) is 74.6 Å². The van der Waals surface area contributed by atoms with Gasteiger partial charge in [-0.2, -0.15) is 0 Å². The molecule has 0 radical (unpaired) electrons. The fourth-order valence-corrected chi connectivity index (χ4v) is 5.23. The number of nitrogens with zero attached hydrogens (tertiary/aromatic N) is 2. The van der Waals surface area contributed by atoms with E-state index in [9.17, 15) is 19.5 Å². The zero-order valence-corrected chi connectivity index (χ0v) is 18.1. The standard InChI is InChI=1S/C24H33N3O4/c28-22(14-25-19-9-5-2-6-10-19)27-16-23(29)26(15-17-7-3-1-4-8-17)20-12-11-18(24(30)31)13-21(20)27/h11-13,17,19,25H,1-10,14-16H2,(H,30,31). The molecule has 0 unspecified atom stereocenters. The van der Waals surface area contributed by atoms with Gasteiger partial charge in [0.25, 0.3) is 0 Å². The van der Waals surface area contributed by atoms with E-state index in [1.165, 1.54) is 55.6 Å². The predicted molar refractivity (Wildman–Crippen MR) is 120 cm³/mol. The molecule has 1 aromatic carbocycles. The van der Waals surface area contributed by atoms with Crippen LogP contribution in [-0.4, -0.2) is 48.6 Å². The van der Waals surface area contributed by atoms with Crippen molar-refractivity contribution in [2.45, 2.75) is 70.3 Å². The minimum atomic E-state index is -1.04. The number of hydrogen-bond acceptors (Lipinski definition) is 4. The lowest BCUT2D eigenvalue weighted by Crippen LogP contribution is -2.52. The molecule has 2 amide bonds. The number of aromatic carboxylic acids is 1. The molecular formula is C24H33N3O4. The van der Waals surface area contributed by atoms with Crippen LogP contribution in [0, 0.1) is 5.92 Å². The van der Waals surface area contributed by atoms with Crippen molar-refractivity contribution in [3.8, 4) is 0 Å². The first-order valence-electron chi connectivity index (χ1n) is 11.7. The van der Waals surface area contributed by atoms with Crippen molar-refractivity contribution in [2.24, 2.45) is 5.92 Å². The lowest BCUT2D eigenvalue weighted by Gasteiger charge is -2.38. The molecule has 1 aliphatic heterocycles. The lowest BCUT2D eigenvalue weighted by molar-refractivity contribution is -0.122. The van der Waals surface area contributed by atoms with Crippen molar-refractivity contribution in [3.63, 3.8) is 0 Å². The molecule has 2 saturated carbocycles. The number of anilines is 2. The molecule has 4 rings (SSSR count). The third-order valence-corrected chi connectivity index (χ3v) is 7.01. The van der Waals surface area contributed by atoms with Gasteiger partial charge >= 0.3 is 5.97 Å². The van der Waals surface area contributed by atoms with Crippen molar-refractivity contribution in [2.75, 3.05) is 29.4 Å². The number of benzene rings is 1. The molecule has 0 aromatic heterocycles. The first-order valence-corrected chi connectivity index (χ1v) is 11.7. The van der Waals surface area contributed by atoms with E-state index in [0.29, 0.717) is 29.9 Å². The largest absolute Gasteiger partial charge is 0.478 e. The summed E-state index contributed by atoms with van der Waals surface area (Å²) < 4.78 is 0. The molecule has 0 atom stereocenters. The molecule has 1 heterocycles. The van der Waals surface area contributed by atoms with Gasteiger partial charge in [-0.3, -0.25) is 14.5 Å². The number of rotatable bonds is 6. The molecule has 3 aliphatic rings. The van der Waals surface area contributed by atoms with Crippen molar-refractivity contribution in [1.29, 1.82) is 0 Å². The van der Waals surface area contributed by atoms with E-state index < -0.39 is 5.97 Å². The van der Waals surface area contributed by atoms with Crippen LogP contribution < -0.4 is 15.1 Å². The Morgan fingerprint density at radius 3 is 2.32 bits per heavy atom. The number of carbonyl (C=O) groups is 3. The highest BCUT2D eigenvalue weighted by Gasteiger charge is 2.34. The summed E-state index contributed by atoms with van der Waals surface area (Å²) in [6, 6.07) is 5.09. The van der Waals surface area contributed by atoms with Crippen LogP contribution in [0.25, 0.3) is 0 Å². The van der Waals surface area contributed by atoms with Gasteiger partial charge in [0.15, 0.2) is 0 Å². The Bertz CT molecular complexity index is 828. The van der Waals surface area contributed by atoms with E-state index >= 15 is 0 Å². The molecule has 31 heavy (non-hydrogen) atoms. The van der Waals surface area contributed by atoms with Gasteiger partial charge < -0.3 is 15.3 Å². The van der Waals surface area contributed by atoms with Gasteiger partial charge in [0.2, 0.25) is 11.8 Å². The second kappa shape index (κ2) is 9.81. The first-order chi connectivity index (χ1) is 15.0. The van der Waals surface area contributed by atoms with E-state index in [-0.39, 0.29) is 30.5 Å². The molecule has 2 N–H and O–H groups in total. The summed E-state index contributed by atoms with van der Waals surface area (Å²) >= 11 is 0. The van der Waals surface area contributed by atoms with Crippen LogP contribution >= 0.6 is 0 Å². The molecule has 7 heteroatoms. The van der Waals surface area contributed by atoms with E-state index in [4.69, 9.17) is 0 Å². The van der Waals surface area contributed by atoms with Crippen molar-refractivity contribution >= 4 is 29.2 Å². The number of carboxylic acid groups (broad SMARTS) is 1. The first kappa shape index (κ1) is 21.8. The quantitative estimate of drug-likeness (QED) is 0.724. The maximum Gasteiger partial charge on any atom is 0.335 e. The van der Waals surface area contributed by atoms with Crippen LogP contribution in [-0.2, 0) is 9.59 Å². The molecule has 2 aliphatic carbocycles. The lowest BCUT2D eigenvalue weighted by atomic mass is 9.88. The van der Waals surface area contributed by atoms with Crippen molar-refractivity contribution in [1.82, 2.24) is 5.32 Å². The van der Waals surface area contributed by atoms with E-state index in [1.807, 2.05) is 0 Å². The van der Waals surface area contributed by atoms with Crippen molar-refractivity contribution < 1.29 is 19.5 Å². The van der Waals surface area contributed by atoms with Gasteiger partial charge in [0.05, 0.1) is 23.5 Å². The Kier molecular flexibility index (Phi) is 6.90. The van der Waals surface area contributed by atoms with Gasteiger partial charge in [-0.1, -0.05) is 38.5 Å². The van der Waals surface area contributed by atoms with Crippen molar-refractivity contribution in [3.05, 3.63) is 23.8 Å². The Morgan fingerprint density at radius 1 is 0.968 bits per heavy atom. The summed E-state index contributed by atoms with van der Waals surface area (Å²) in [6.45, 7) is 0.770. The fraction of sp³-hybridized carbons (Fsp3) is 0.625. The van der Waals surface area contributed by atoms with Crippen LogP contribution in [0.3, 0.4) is 0 Å². The highest BCUT2D eigenvalue weighted by molar-refractivity contribution is 6.12. The summed E-state index contributed by atoms with van der Waals surface area (Å²) in [5.41, 5.74) is 1.31. The van der Waals surface area contributed by atoms with Crippen LogP contribution in [0.2, 0.25) is 0 Å². The average Bonchev–Trinajstić information content (AvgIpc) is 2.80. The summed E-state index contributed by atoms with van der Waals surface area (Å²) in [5, 5.41) is 12.8. The number of carbonyl (C=O) groups excluding carboxylic acids is 2. The van der Waals surface area contributed by atoms with E-state index in [0.717, 1.165) is 25.7 Å². The molecule has 1 aromatic rings. The number of fused-ring (bicyclic) bond motifs is 1. The Balaban J connectivity index is 1.55. The molecule has 0 bridgehead atoms. The third-order valence-electron chi connectivity index (χ3n) is 7.01. The van der Waals surface area contributed by atoms with Crippen LogP contribution in [0.4, 0.5) is 11.4 Å². The fourth-order valence-electron chi connectivity index (χ4n) is 5.23. The normalized spacial score (nSPS) is 20.6. The predicted octanol–water partition coefficient (Wildman–Crippen LogP) is 3.57. The monoisotopic (exact) mass is 427 g/mol. The Hall–Kier alpha value is -2.41. The zero-order chi connectivity index (χ0) is 21.8. The van der Waals surface area contributed by atoms with Gasteiger partial charge in [0.1, 0.15) is 6.54 Å². The topological polar surface area (TPSA) is 90.0 Å². The second-order valence-electron chi connectivity index (χ2n) is 9.21. The van der Waals surface area contributed by atoms with E-state index in [1.54, 1.807) is 11.0 Å². The Labute approximate surface area is 183 Å². The molecule has 2 fully saturated rings. The number of hydrogen-bond donors (Lipinski definition) is 2. The van der Waals surface area contributed by atoms with Crippen LogP contribution in [0.5, 0.6) is 0 Å². The minimum absolute atomic E-state index is 0.0338. The van der Waals surface area contributed by atoms with Gasteiger partial charge in [-0.25, -0.2) is 4.79 Å². The summed E-state index contributed by atoms with van der Waals surface area (Å²) in [7, 11) is 0. The zero-order valence-electron chi connectivity index (χ0n) is 18.1. The highest BCUT2D eigenvalue weighted by atomic mass is 16.4. The minimum Gasteiger partial charge on any atom is -0.478 e. The molecule has 0 saturated heterocycles. The number of carboxylic acids is 1. The smallest absolute Gasteiger partial charge is 0.335 e. The summed E-state index contributed by atoms with van der Waals surface area (Å²) in [6.07, 6.45) is 11.6. The molecular weight excluding hydrogens is 394 g/mol. The van der Waals surface area contributed by atoms with Gasteiger partial charge in [-0.05, 0) is 49.8 Å². The maximum atomic E-state index is 13.1. The summed E-state index contributed by atoms with van der Waals surface area (Å²) in [5.74, 6) is -0.849. The van der Waals surface area contributed by atoms with E-state index in [2.05, 4.69) is 5.32 Å². The number of nitrogens with one attached hydrogen (secondary N) is 1. The average molecular weight is 428 g/mol. The summed E-state index contributed by atoms with van der Waals surface area (Å²) in [4.78, 5) is 40.9. The molecule has 168 valence electrons. The second-order valence-corrected chi connectivity index (χ2v) is 9.21. The highest BCUT2D eigenvalue weighted by Crippen LogP contribution is 2.36. The third kappa shape index (κ3) is 5.09. The van der Waals surface area contributed by atoms with Crippen LogP contribution in [0.15, 0.2) is 18.2 Å². The molecule has 7 nitrogen and oxygen atoms in total. The van der Waals surface area contributed by atoms with Gasteiger partial charge in [-0.15, -0.1) is 0 Å². The Morgan fingerprint density at radius 2 is 1.65 bits per heavy atom. The number of amides is 2. The maximum absolute atomic E-state index is 13.1. The molecule has 0 spiro atoms. The van der Waals surface area contributed by atoms with Gasteiger partial charge in [0, 0.05) is 12.6 Å². The SMILES string of the molecule is O=C(O)c1ccc2c(c1)N(C(=O)CNC1CCCCC1)CC(=O)N2CC1CCCCC1.